The van der Waals surface area contributed by atoms with Crippen molar-refractivity contribution < 1.29 is 9.53 Å². The van der Waals surface area contributed by atoms with Crippen LogP contribution in [0.25, 0.3) is 10.1 Å². The van der Waals surface area contributed by atoms with Gasteiger partial charge in [-0.15, -0.1) is 11.3 Å². The van der Waals surface area contributed by atoms with Crippen molar-refractivity contribution in [2.24, 2.45) is 0 Å². The molecule has 3 saturated heterocycles. The molecule has 0 aliphatic carbocycles. The molecule has 3 fully saturated rings. The number of piperidine rings is 3. The van der Waals surface area contributed by atoms with Gasteiger partial charge in [-0.1, -0.05) is 12.1 Å². The van der Waals surface area contributed by atoms with Gasteiger partial charge in [0.15, 0.2) is 5.75 Å². The fourth-order valence-electron chi connectivity index (χ4n) is 3.39. The average molecular weight is 302 g/mol. The summed E-state index contributed by atoms with van der Waals surface area (Å²) in [4.78, 5) is 14.7. The van der Waals surface area contributed by atoms with Gasteiger partial charge in [-0.3, -0.25) is 0 Å². The molecule has 2 aromatic rings. The molecular weight excluding hydrogens is 284 g/mol. The van der Waals surface area contributed by atoms with E-state index >= 15 is 0 Å². The van der Waals surface area contributed by atoms with Crippen LogP contribution >= 0.6 is 11.3 Å². The summed E-state index contributed by atoms with van der Waals surface area (Å²) < 4.78 is 6.70. The Labute approximate surface area is 127 Å². The van der Waals surface area contributed by atoms with E-state index < -0.39 is 0 Å². The van der Waals surface area contributed by atoms with Gasteiger partial charge in [0.1, 0.15) is 0 Å². The van der Waals surface area contributed by atoms with Crippen molar-refractivity contribution >= 4 is 27.5 Å². The summed E-state index contributed by atoms with van der Waals surface area (Å²) >= 11 is 1.60. The highest BCUT2D eigenvalue weighted by Gasteiger charge is 2.40. The van der Waals surface area contributed by atoms with E-state index in [0.717, 1.165) is 49.0 Å². The molecule has 3 aliphatic heterocycles. The number of carbonyl (C=O) groups is 1. The van der Waals surface area contributed by atoms with Crippen LogP contribution in [0.5, 0.6) is 5.75 Å². The Balaban J connectivity index is 1.48. The van der Waals surface area contributed by atoms with E-state index in [4.69, 9.17) is 4.74 Å². The van der Waals surface area contributed by atoms with Crippen molar-refractivity contribution in [2.75, 3.05) is 19.6 Å². The number of hydrogen-bond acceptors (Lipinski definition) is 4. The van der Waals surface area contributed by atoms with Crippen LogP contribution in [0.3, 0.4) is 0 Å². The number of nitrogens with one attached hydrogen (secondary N) is 1. The minimum Gasteiger partial charge on any atom is -0.409 e. The van der Waals surface area contributed by atoms with Crippen molar-refractivity contribution in [1.29, 1.82) is 0 Å². The van der Waals surface area contributed by atoms with Crippen LogP contribution in [-0.2, 0) is 0 Å². The van der Waals surface area contributed by atoms with Crippen molar-refractivity contribution in [3.05, 3.63) is 29.6 Å². The second-order valence-corrected chi connectivity index (χ2v) is 6.89. The van der Waals surface area contributed by atoms with Crippen LogP contribution in [-0.4, -0.2) is 36.2 Å². The van der Waals surface area contributed by atoms with Gasteiger partial charge in [0.05, 0.1) is 0 Å². The summed E-state index contributed by atoms with van der Waals surface area (Å²) in [6.45, 7) is 3.25. The molecule has 1 amide bonds. The molecule has 3 aliphatic rings. The molecular formula is C16H18N2O2S. The quantitative estimate of drug-likeness (QED) is 0.926. The van der Waals surface area contributed by atoms with Gasteiger partial charge in [-0.25, -0.2) is 4.79 Å². The summed E-state index contributed by atoms with van der Waals surface area (Å²) in [5.74, 6) is 0.665. The van der Waals surface area contributed by atoms with Gasteiger partial charge in [0.2, 0.25) is 0 Å². The van der Waals surface area contributed by atoms with Crippen molar-refractivity contribution in [1.82, 2.24) is 10.2 Å². The monoisotopic (exact) mass is 302 g/mol. The van der Waals surface area contributed by atoms with Gasteiger partial charge in [-0.2, -0.15) is 0 Å². The number of hydrogen-bond donors (Lipinski definition) is 1. The number of carbonyl (C=O) groups excluding carboxylic acids is 1. The lowest BCUT2D eigenvalue weighted by molar-refractivity contribution is 0.0616. The van der Waals surface area contributed by atoms with Crippen LogP contribution in [0.15, 0.2) is 29.6 Å². The molecule has 1 N–H and O–H groups in total. The average Bonchev–Trinajstić information content (AvgIpc) is 2.92. The fourth-order valence-corrected chi connectivity index (χ4v) is 4.25. The number of nitrogens with zero attached hydrogens (tertiary/aromatic N) is 1. The Kier molecular flexibility index (Phi) is 3.12. The molecule has 21 heavy (non-hydrogen) atoms. The molecule has 2 bridgehead atoms. The molecule has 1 aromatic carbocycles. The summed E-state index contributed by atoms with van der Waals surface area (Å²) in [7, 11) is 0. The van der Waals surface area contributed by atoms with Crippen molar-refractivity contribution in [3.63, 3.8) is 0 Å². The predicted octanol–water partition coefficient (Wildman–Crippen LogP) is 3.23. The molecule has 5 heteroatoms. The zero-order valence-corrected chi connectivity index (χ0v) is 12.6. The molecule has 0 radical (unpaired) electrons. The third-order valence-electron chi connectivity index (χ3n) is 4.74. The molecule has 4 heterocycles. The first-order chi connectivity index (χ1) is 10.2. The molecule has 0 saturated carbocycles. The number of rotatable bonds is 2. The van der Waals surface area contributed by atoms with Gasteiger partial charge < -0.3 is 15.0 Å². The molecule has 0 unspecified atom stereocenters. The number of thiophene rings is 1. The van der Waals surface area contributed by atoms with Gasteiger partial charge in [0.25, 0.3) is 0 Å². The second-order valence-electron chi connectivity index (χ2n) is 5.98. The Morgan fingerprint density at radius 1 is 1.19 bits per heavy atom. The highest BCUT2D eigenvalue weighted by atomic mass is 32.1. The van der Waals surface area contributed by atoms with Crippen LogP contribution < -0.4 is 10.1 Å². The van der Waals surface area contributed by atoms with E-state index in [9.17, 15) is 4.79 Å². The normalized spacial score (nSPS) is 27.7. The maximum Gasteiger partial charge on any atom is 0.413 e. The molecule has 1 aromatic heterocycles. The predicted molar refractivity (Wildman–Crippen MR) is 84.0 cm³/mol. The van der Waals surface area contributed by atoms with E-state index in [1.165, 1.54) is 0 Å². The maximum atomic E-state index is 12.3. The van der Waals surface area contributed by atoms with Crippen molar-refractivity contribution in [3.8, 4) is 5.75 Å². The van der Waals surface area contributed by atoms with Crippen LogP contribution in [0, 0.1) is 0 Å². The maximum absolute atomic E-state index is 12.3. The van der Waals surface area contributed by atoms with Crippen LogP contribution in [0.2, 0.25) is 0 Å². The Bertz CT molecular complexity index is 660. The van der Waals surface area contributed by atoms with E-state index in [0.29, 0.717) is 5.75 Å². The third kappa shape index (κ3) is 2.40. The number of ether oxygens (including phenoxy) is 1. The first kappa shape index (κ1) is 13.1. The summed E-state index contributed by atoms with van der Waals surface area (Å²) in [5.41, 5.74) is -0.0440. The highest BCUT2D eigenvalue weighted by Crippen LogP contribution is 2.34. The smallest absolute Gasteiger partial charge is 0.409 e. The minimum absolute atomic E-state index is 0.0440. The lowest BCUT2D eigenvalue weighted by Gasteiger charge is -2.48. The molecule has 0 atom stereocenters. The van der Waals surface area contributed by atoms with Crippen LogP contribution in [0.4, 0.5) is 4.79 Å². The number of amides is 1. The van der Waals surface area contributed by atoms with Crippen molar-refractivity contribution in [2.45, 2.75) is 24.8 Å². The Morgan fingerprint density at radius 2 is 1.90 bits per heavy atom. The zero-order chi connectivity index (χ0) is 14.3. The molecule has 4 nitrogen and oxygen atoms in total. The lowest BCUT2D eigenvalue weighted by Crippen LogP contribution is -2.61. The summed E-state index contributed by atoms with van der Waals surface area (Å²) in [6.07, 6.45) is 2.79. The van der Waals surface area contributed by atoms with Gasteiger partial charge >= 0.3 is 6.09 Å². The molecule has 0 spiro atoms. The standard InChI is InChI=1S/C16H18N2O2S/c19-15(17-16-5-8-18(9-6-16)10-7-16)20-13-11-21-14-4-2-1-3-12(13)14/h1-4,11H,5-10H2,(H,17,19). The first-order valence-corrected chi connectivity index (χ1v) is 8.31. The molecule has 110 valence electrons. The van der Waals surface area contributed by atoms with E-state index in [1.807, 2.05) is 29.6 Å². The summed E-state index contributed by atoms with van der Waals surface area (Å²) in [5, 5.41) is 6.06. The van der Waals surface area contributed by atoms with E-state index in [2.05, 4.69) is 10.2 Å². The number of fused-ring (bicyclic) bond motifs is 4. The van der Waals surface area contributed by atoms with E-state index in [1.54, 1.807) is 11.3 Å². The first-order valence-electron chi connectivity index (χ1n) is 7.43. The van der Waals surface area contributed by atoms with Crippen LogP contribution in [0.1, 0.15) is 19.3 Å². The SMILES string of the molecule is O=C(NC12CCN(CC1)CC2)Oc1csc2ccccc12. The Morgan fingerprint density at radius 3 is 2.67 bits per heavy atom. The Hall–Kier alpha value is -1.59. The van der Waals surface area contributed by atoms with Gasteiger partial charge in [-0.05, 0) is 31.4 Å². The molecule has 5 rings (SSSR count). The topological polar surface area (TPSA) is 41.6 Å². The van der Waals surface area contributed by atoms with Gasteiger partial charge in [0, 0.05) is 40.6 Å². The third-order valence-corrected chi connectivity index (χ3v) is 5.68. The second kappa shape index (κ2) is 5.00. The minimum atomic E-state index is -0.311. The lowest BCUT2D eigenvalue weighted by atomic mass is 9.80. The largest absolute Gasteiger partial charge is 0.413 e. The fraction of sp³-hybridized carbons (Fsp3) is 0.438. The zero-order valence-electron chi connectivity index (χ0n) is 11.8. The van der Waals surface area contributed by atoms with E-state index in [-0.39, 0.29) is 11.6 Å². The highest BCUT2D eigenvalue weighted by molar-refractivity contribution is 7.17. The number of benzene rings is 1. The summed E-state index contributed by atoms with van der Waals surface area (Å²) in [6, 6.07) is 8.00.